The summed E-state index contributed by atoms with van der Waals surface area (Å²) in [6.45, 7) is 2.82. The molecule has 30 heavy (non-hydrogen) atoms. The molecule has 1 aliphatic rings. The van der Waals surface area contributed by atoms with Crippen molar-refractivity contribution in [2.24, 2.45) is 0 Å². The number of ether oxygens (including phenoxy) is 3. The Labute approximate surface area is 176 Å². The normalized spacial score (nSPS) is 17.6. The third-order valence-corrected chi connectivity index (χ3v) is 5.16. The minimum atomic E-state index is -0.409. The van der Waals surface area contributed by atoms with Crippen LogP contribution in [0.1, 0.15) is 42.4 Å². The quantitative estimate of drug-likeness (QED) is 0.576. The number of hydrogen-bond donors (Lipinski definition) is 1. The van der Waals surface area contributed by atoms with Crippen molar-refractivity contribution in [3.63, 3.8) is 0 Å². The second-order valence-corrected chi connectivity index (χ2v) is 7.35. The van der Waals surface area contributed by atoms with Crippen molar-refractivity contribution >= 4 is 0 Å². The standard InChI is InChI=1S/C24H27NO5/c1-17-21(25-24(29-17)19-7-3-2-4-8-19)16-28-20-12-10-18(11-13-20)22(15-26)30-23-9-5-6-14-27-23/h2-4,7-8,10-13,22-23,26H,5-6,9,14-16H2,1H3. The Bertz CT molecular complexity index is 917. The number of aliphatic hydroxyl groups is 1. The number of nitrogens with zero attached hydrogens (tertiary/aromatic N) is 1. The van der Waals surface area contributed by atoms with Crippen molar-refractivity contribution in [1.82, 2.24) is 4.98 Å². The molecule has 1 aliphatic heterocycles. The van der Waals surface area contributed by atoms with E-state index >= 15 is 0 Å². The third kappa shape index (κ3) is 5.08. The highest BCUT2D eigenvalue weighted by atomic mass is 16.7. The highest BCUT2D eigenvalue weighted by Crippen LogP contribution is 2.26. The van der Waals surface area contributed by atoms with Crippen LogP contribution in [0.15, 0.2) is 59.0 Å². The number of rotatable bonds is 8. The van der Waals surface area contributed by atoms with Crippen LogP contribution in [0.2, 0.25) is 0 Å². The Morgan fingerprint density at radius 3 is 2.60 bits per heavy atom. The van der Waals surface area contributed by atoms with Gasteiger partial charge in [0.2, 0.25) is 5.89 Å². The van der Waals surface area contributed by atoms with E-state index in [9.17, 15) is 5.11 Å². The molecule has 2 aromatic carbocycles. The number of aromatic nitrogens is 1. The Balaban J connectivity index is 1.36. The van der Waals surface area contributed by atoms with Crippen molar-refractivity contribution in [3.8, 4) is 17.2 Å². The topological polar surface area (TPSA) is 74.0 Å². The Morgan fingerprint density at radius 2 is 1.90 bits per heavy atom. The van der Waals surface area contributed by atoms with Crippen LogP contribution in [0.4, 0.5) is 0 Å². The van der Waals surface area contributed by atoms with E-state index in [1.54, 1.807) is 0 Å². The van der Waals surface area contributed by atoms with Gasteiger partial charge in [0.1, 0.15) is 29.9 Å². The zero-order valence-electron chi connectivity index (χ0n) is 17.1. The Hall–Kier alpha value is -2.67. The summed E-state index contributed by atoms with van der Waals surface area (Å²) in [5, 5.41) is 9.73. The van der Waals surface area contributed by atoms with Crippen LogP contribution >= 0.6 is 0 Å². The molecule has 2 unspecified atom stereocenters. The van der Waals surface area contributed by atoms with Crippen LogP contribution in [-0.4, -0.2) is 29.6 Å². The zero-order chi connectivity index (χ0) is 20.8. The second kappa shape index (κ2) is 9.89. The maximum absolute atomic E-state index is 9.73. The van der Waals surface area contributed by atoms with Crippen LogP contribution in [0.3, 0.4) is 0 Å². The molecule has 1 fully saturated rings. The van der Waals surface area contributed by atoms with Crippen molar-refractivity contribution < 1.29 is 23.7 Å². The van der Waals surface area contributed by atoms with E-state index in [2.05, 4.69) is 4.98 Å². The molecule has 0 amide bonds. The molecule has 4 rings (SSSR count). The van der Waals surface area contributed by atoms with Crippen LogP contribution in [-0.2, 0) is 16.1 Å². The monoisotopic (exact) mass is 409 g/mol. The van der Waals surface area contributed by atoms with Crippen molar-refractivity contribution in [2.75, 3.05) is 13.2 Å². The smallest absolute Gasteiger partial charge is 0.226 e. The summed E-state index contributed by atoms with van der Waals surface area (Å²) in [5.74, 6) is 2.05. The van der Waals surface area contributed by atoms with Gasteiger partial charge in [-0.05, 0) is 56.0 Å². The first kappa shape index (κ1) is 20.6. The molecule has 0 saturated carbocycles. The van der Waals surface area contributed by atoms with E-state index < -0.39 is 6.10 Å². The van der Waals surface area contributed by atoms with Gasteiger partial charge in [0.25, 0.3) is 0 Å². The molecule has 0 bridgehead atoms. The summed E-state index contributed by atoms with van der Waals surface area (Å²) in [6.07, 6.45) is 2.35. The number of oxazole rings is 1. The predicted molar refractivity (Wildman–Crippen MR) is 112 cm³/mol. The van der Waals surface area contributed by atoms with Gasteiger partial charge < -0.3 is 23.7 Å². The largest absolute Gasteiger partial charge is 0.487 e. The van der Waals surface area contributed by atoms with Gasteiger partial charge in [0, 0.05) is 12.2 Å². The van der Waals surface area contributed by atoms with E-state index in [1.165, 1.54) is 0 Å². The molecule has 3 aromatic rings. The van der Waals surface area contributed by atoms with Crippen molar-refractivity contribution in [1.29, 1.82) is 0 Å². The van der Waals surface area contributed by atoms with Gasteiger partial charge in [-0.3, -0.25) is 0 Å². The number of benzene rings is 2. The van der Waals surface area contributed by atoms with Crippen LogP contribution in [0.25, 0.3) is 11.5 Å². The molecule has 0 spiro atoms. The minimum absolute atomic E-state index is 0.0968. The molecule has 158 valence electrons. The maximum atomic E-state index is 9.73. The first-order valence-corrected chi connectivity index (χ1v) is 10.4. The number of aliphatic hydroxyl groups excluding tert-OH is 1. The lowest BCUT2D eigenvalue weighted by atomic mass is 10.1. The van der Waals surface area contributed by atoms with E-state index in [-0.39, 0.29) is 12.9 Å². The third-order valence-electron chi connectivity index (χ3n) is 5.16. The van der Waals surface area contributed by atoms with Gasteiger partial charge in [-0.2, -0.15) is 0 Å². The summed E-state index contributed by atoms with van der Waals surface area (Å²) < 4.78 is 23.2. The zero-order valence-corrected chi connectivity index (χ0v) is 17.1. The summed E-state index contributed by atoms with van der Waals surface area (Å²) in [4.78, 5) is 4.56. The molecular weight excluding hydrogens is 382 g/mol. The average molecular weight is 409 g/mol. The molecular formula is C24H27NO5. The van der Waals surface area contributed by atoms with Gasteiger partial charge >= 0.3 is 0 Å². The van der Waals surface area contributed by atoms with E-state index in [0.29, 0.717) is 24.9 Å². The SMILES string of the molecule is Cc1oc(-c2ccccc2)nc1COc1ccc(C(CO)OC2CCCCO2)cc1. The van der Waals surface area contributed by atoms with E-state index in [1.807, 2.05) is 61.5 Å². The summed E-state index contributed by atoms with van der Waals surface area (Å²) >= 11 is 0. The molecule has 1 N–H and O–H groups in total. The summed E-state index contributed by atoms with van der Waals surface area (Å²) in [5.41, 5.74) is 2.60. The van der Waals surface area contributed by atoms with E-state index in [4.69, 9.17) is 18.6 Å². The van der Waals surface area contributed by atoms with Gasteiger partial charge in [0.05, 0.1) is 6.61 Å². The first-order chi connectivity index (χ1) is 14.7. The lowest BCUT2D eigenvalue weighted by Gasteiger charge is -2.27. The molecule has 1 saturated heterocycles. The van der Waals surface area contributed by atoms with Crippen molar-refractivity contribution in [3.05, 3.63) is 71.6 Å². The predicted octanol–water partition coefficient (Wildman–Crippen LogP) is 4.81. The van der Waals surface area contributed by atoms with Gasteiger partial charge in [0.15, 0.2) is 6.29 Å². The number of aryl methyl sites for hydroxylation is 1. The summed E-state index contributed by atoms with van der Waals surface area (Å²) in [6, 6.07) is 17.4. The fourth-order valence-electron chi connectivity index (χ4n) is 3.43. The highest BCUT2D eigenvalue weighted by Gasteiger charge is 2.21. The van der Waals surface area contributed by atoms with Crippen molar-refractivity contribution in [2.45, 2.75) is 45.2 Å². The first-order valence-electron chi connectivity index (χ1n) is 10.4. The molecule has 0 aliphatic carbocycles. The van der Waals surface area contributed by atoms with Gasteiger partial charge in [-0.25, -0.2) is 4.98 Å². The molecule has 0 radical (unpaired) electrons. The Morgan fingerprint density at radius 1 is 1.10 bits per heavy atom. The molecule has 2 atom stereocenters. The molecule has 6 heteroatoms. The second-order valence-electron chi connectivity index (χ2n) is 7.35. The maximum Gasteiger partial charge on any atom is 0.226 e. The number of hydrogen-bond acceptors (Lipinski definition) is 6. The van der Waals surface area contributed by atoms with Crippen LogP contribution in [0.5, 0.6) is 5.75 Å². The summed E-state index contributed by atoms with van der Waals surface area (Å²) in [7, 11) is 0. The van der Waals surface area contributed by atoms with Gasteiger partial charge in [-0.1, -0.05) is 30.3 Å². The molecule has 6 nitrogen and oxygen atoms in total. The van der Waals surface area contributed by atoms with E-state index in [0.717, 1.165) is 41.8 Å². The lowest BCUT2D eigenvalue weighted by Crippen LogP contribution is -2.25. The highest BCUT2D eigenvalue weighted by molar-refractivity contribution is 5.53. The lowest BCUT2D eigenvalue weighted by molar-refractivity contribution is -0.196. The fraction of sp³-hybridized carbons (Fsp3) is 0.375. The fourth-order valence-corrected chi connectivity index (χ4v) is 3.43. The van der Waals surface area contributed by atoms with Gasteiger partial charge in [-0.15, -0.1) is 0 Å². The minimum Gasteiger partial charge on any atom is -0.487 e. The Kier molecular flexibility index (Phi) is 6.79. The average Bonchev–Trinajstić information content (AvgIpc) is 3.18. The van der Waals surface area contributed by atoms with Crippen LogP contribution in [0, 0.1) is 6.92 Å². The van der Waals surface area contributed by atoms with Crippen LogP contribution < -0.4 is 4.74 Å². The molecule has 2 heterocycles. The molecule has 1 aromatic heterocycles.